The Morgan fingerprint density at radius 3 is 2.69 bits per heavy atom. The number of nitriles is 1. The zero-order valence-corrected chi connectivity index (χ0v) is 21.5. The smallest absolute Gasteiger partial charge is 0.191 e. The van der Waals surface area contributed by atoms with E-state index >= 15 is 0 Å². The first-order valence-electron chi connectivity index (χ1n) is 10.4. The Morgan fingerprint density at radius 1 is 1.25 bits per heavy atom. The molecule has 0 saturated heterocycles. The van der Waals surface area contributed by atoms with E-state index in [0.29, 0.717) is 36.6 Å². The summed E-state index contributed by atoms with van der Waals surface area (Å²) in [5.74, 6) is 1.13. The molecule has 0 aliphatic carbocycles. The molecule has 32 heavy (non-hydrogen) atoms. The van der Waals surface area contributed by atoms with Crippen molar-refractivity contribution in [2.24, 2.45) is 4.99 Å². The van der Waals surface area contributed by atoms with E-state index in [1.54, 1.807) is 16.0 Å². The minimum absolute atomic E-state index is 0. The first-order chi connectivity index (χ1) is 15.2. The van der Waals surface area contributed by atoms with Crippen molar-refractivity contribution in [1.29, 1.82) is 5.26 Å². The van der Waals surface area contributed by atoms with E-state index < -0.39 is 0 Å². The van der Waals surface area contributed by atoms with E-state index in [2.05, 4.69) is 38.7 Å². The predicted octanol–water partition coefficient (Wildman–Crippen LogP) is 3.65. The Morgan fingerprint density at radius 2 is 2.03 bits per heavy atom. The molecule has 4 N–H and O–H groups in total. The van der Waals surface area contributed by atoms with Crippen molar-refractivity contribution in [1.82, 2.24) is 25.4 Å². The minimum atomic E-state index is 0. The Kier molecular flexibility index (Phi) is 10.4. The molecule has 2 heterocycles. The third-order valence-corrected chi connectivity index (χ3v) is 5.78. The molecule has 0 radical (unpaired) electrons. The van der Waals surface area contributed by atoms with Gasteiger partial charge in [0, 0.05) is 24.2 Å². The van der Waals surface area contributed by atoms with Crippen molar-refractivity contribution in [3.8, 4) is 11.8 Å². The van der Waals surface area contributed by atoms with E-state index in [4.69, 9.17) is 5.73 Å². The lowest BCUT2D eigenvalue weighted by Crippen LogP contribution is -2.37. The van der Waals surface area contributed by atoms with Gasteiger partial charge in [0.15, 0.2) is 5.96 Å². The number of hydrogen-bond acceptors (Lipinski definition) is 6. The fraction of sp³-hybridized carbons (Fsp3) is 0.364. The van der Waals surface area contributed by atoms with Gasteiger partial charge in [0.05, 0.1) is 17.9 Å². The van der Waals surface area contributed by atoms with Gasteiger partial charge >= 0.3 is 0 Å². The average Bonchev–Trinajstić information content (AvgIpc) is 3.39. The number of hydrogen-bond donors (Lipinski definition) is 3. The number of nitrogens with zero attached hydrogens (tertiary/aromatic N) is 5. The van der Waals surface area contributed by atoms with Crippen molar-refractivity contribution in [2.45, 2.75) is 39.7 Å². The van der Waals surface area contributed by atoms with Crippen LogP contribution in [-0.4, -0.2) is 33.8 Å². The maximum atomic E-state index is 9.54. The zero-order valence-electron chi connectivity index (χ0n) is 18.3. The number of anilines is 1. The lowest BCUT2D eigenvalue weighted by molar-refractivity contribution is 0.722. The van der Waals surface area contributed by atoms with Crippen molar-refractivity contribution in [3.63, 3.8) is 0 Å². The number of aliphatic imine (C=N–C) groups is 1. The highest BCUT2D eigenvalue weighted by atomic mass is 127. The van der Waals surface area contributed by atoms with Crippen LogP contribution in [0.25, 0.3) is 5.69 Å². The van der Waals surface area contributed by atoms with E-state index in [0.717, 1.165) is 36.0 Å². The maximum absolute atomic E-state index is 9.54. The highest BCUT2D eigenvalue weighted by Crippen LogP contribution is 2.21. The van der Waals surface area contributed by atoms with Crippen LogP contribution in [0.2, 0.25) is 0 Å². The lowest BCUT2D eigenvalue weighted by Gasteiger charge is -2.10. The summed E-state index contributed by atoms with van der Waals surface area (Å²) >= 11 is 1.70. The molecule has 10 heteroatoms. The number of nitrogen functional groups attached to an aromatic ring is 1. The molecule has 0 amide bonds. The zero-order chi connectivity index (χ0) is 22.1. The molecule has 0 bridgehead atoms. The maximum Gasteiger partial charge on any atom is 0.191 e. The second kappa shape index (κ2) is 13.0. The number of aryl methyl sites for hydroxylation is 2. The molecule has 0 fully saturated rings. The molecule has 0 saturated carbocycles. The summed E-state index contributed by atoms with van der Waals surface area (Å²) in [5, 5.41) is 21.7. The number of aromatic nitrogens is 3. The van der Waals surface area contributed by atoms with Crippen LogP contribution in [0, 0.1) is 11.3 Å². The molecule has 0 unspecified atom stereocenters. The molecule has 1 aromatic carbocycles. The molecule has 2 aromatic heterocycles. The molecule has 3 aromatic rings. The van der Waals surface area contributed by atoms with Crippen LogP contribution in [0.15, 0.2) is 41.5 Å². The number of rotatable bonds is 9. The van der Waals surface area contributed by atoms with Crippen LogP contribution in [-0.2, 0) is 19.4 Å². The number of guanidine groups is 1. The molecule has 8 nitrogen and oxygen atoms in total. The number of thiazole rings is 1. The van der Waals surface area contributed by atoms with Crippen LogP contribution in [0.3, 0.4) is 0 Å². The van der Waals surface area contributed by atoms with E-state index in [-0.39, 0.29) is 24.0 Å². The molecular formula is C22H29IN8S. The summed E-state index contributed by atoms with van der Waals surface area (Å²) in [6.45, 7) is 6.19. The standard InChI is InChI=1S/C22H28N8S.HI/c1-3-17-14-27-20(31-17)15-28-22(25-4-2)26-12-8-11-19-18(13-23)21(24)30(29-19)16-9-6-5-7-10-16;/h5-7,9-10,14H,3-4,8,11-12,15,24H2,1-2H3,(H2,25,26,28);1H. The lowest BCUT2D eigenvalue weighted by atomic mass is 10.1. The summed E-state index contributed by atoms with van der Waals surface area (Å²) in [7, 11) is 0. The minimum Gasteiger partial charge on any atom is -0.382 e. The van der Waals surface area contributed by atoms with Gasteiger partial charge in [0.1, 0.15) is 22.5 Å². The Hall–Kier alpha value is -2.65. The van der Waals surface area contributed by atoms with Crippen molar-refractivity contribution < 1.29 is 0 Å². The van der Waals surface area contributed by atoms with Crippen LogP contribution in [0.4, 0.5) is 5.82 Å². The first-order valence-corrected chi connectivity index (χ1v) is 11.3. The average molecular weight is 565 g/mol. The van der Waals surface area contributed by atoms with Gasteiger partial charge in [-0.05, 0) is 38.3 Å². The van der Waals surface area contributed by atoms with Crippen molar-refractivity contribution in [2.75, 3.05) is 18.8 Å². The van der Waals surface area contributed by atoms with Crippen LogP contribution >= 0.6 is 35.3 Å². The summed E-state index contributed by atoms with van der Waals surface area (Å²) in [6, 6.07) is 11.8. The largest absolute Gasteiger partial charge is 0.382 e. The molecule has 0 aliphatic heterocycles. The number of nitrogens with one attached hydrogen (secondary N) is 2. The molecule has 0 spiro atoms. The number of benzene rings is 1. The quantitative estimate of drug-likeness (QED) is 0.158. The SMILES string of the molecule is CCNC(=NCc1ncc(CC)s1)NCCCc1nn(-c2ccccc2)c(N)c1C#N.I. The van der Waals surface area contributed by atoms with Crippen LogP contribution < -0.4 is 16.4 Å². The van der Waals surface area contributed by atoms with Gasteiger partial charge < -0.3 is 16.4 Å². The summed E-state index contributed by atoms with van der Waals surface area (Å²) < 4.78 is 1.63. The first kappa shape index (κ1) is 25.6. The second-order valence-corrected chi connectivity index (χ2v) is 8.07. The molecular weight excluding hydrogens is 535 g/mol. The van der Waals surface area contributed by atoms with Gasteiger partial charge in [-0.15, -0.1) is 35.3 Å². The van der Waals surface area contributed by atoms with Gasteiger partial charge in [-0.25, -0.2) is 14.7 Å². The van der Waals surface area contributed by atoms with Gasteiger partial charge in [0.2, 0.25) is 0 Å². The summed E-state index contributed by atoms with van der Waals surface area (Å²) in [4.78, 5) is 10.3. The fourth-order valence-corrected chi connectivity index (χ4v) is 3.86. The molecule has 3 rings (SSSR count). The second-order valence-electron chi connectivity index (χ2n) is 6.87. The molecule has 0 aliphatic rings. The van der Waals surface area contributed by atoms with Crippen LogP contribution in [0.5, 0.6) is 0 Å². The highest BCUT2D eigenvalue weighted by molar-refractivity contribution is 14.0. The van der Waals surface area contributed by atoms with Gasteiger partial charge in [0.25, 0.3) is 0 Å². The number of nitrogens with two attached hydrogens (primary N) is 1. The summed E-state index contributed by atoms with van der Waals surface area (Å²) in [5.41, 5.74) is 8.17. The Balaban J connectivity index is 0.00000363. The summed E-state index contributed by atoms with van der Waals surface area (Å²) in [6.07, 6.45) is 4.35. The van der Waals surface area contributed by atoms with Crippen LogP contribution in [0.1, 0.15) is 41.4 Å². The van der Waals surface area contributed by atoms with Crippen molar-refractivity contribution in [3.05, 3.63) is 57.7 Å². The van der Waals surface area contributed by atoms with Gasteiger partial charge in [-0.1, -0.05) is 25.1 Å². The molecule has 170 valence electrons. The third-order valence-electron chi connectivity index (χ3n) is 4.66. The van der Waals surface area contributed by atoms with Gasteiger partial charge in [-0.2, -0.15) is 10.4 Å². The number of para-hydroxylation sites is 1. The van der Waals surface area contributed by atoms with E-state index in [1.165, 1.54) is 4.88 Å². The normalized spacial score (nSPS) is 11.0. The predicted molar refractivity (Wildman–Crippen MR) is 141 cm³/mol. The van der Waals surface area contributed by atoms with E-state index in [9.17, 15) is 5.26 Å². The Bertz CT molecular complexity index is 1050. The van der Waals surface area contributed by atoms with E-state index in [1.807, 2.05) is 43.5 Å². The third kappa shape index (κ3) is 6.67. The van der Waals surface area contributed by atoms with Gasteiger partial charge in [-0.3, -0.25) is 0 Å². The monoisotopic (exact) mass is 564 g/mol. The topological polar surface area (TPSA) is 117 Å². The number of halogens is 1. The Labute approximate surface area is 210 Å². The molecule has 0 atom stereocenters. The highest BCUT2D eigenvalue weighted by Gasteiger charge is 2.16. The van der Waals surface area contributed by atoms with Crippen molar-refractivity contribution >= 4 is 47.1 Å². The fourth-order valence-electron chi connectivity index (χ4n) is 3.08.